The molecule has 0 atom stereocenters. The summed E-state index contributed by atoms with van der Waals surface area (Å²) in [5.41, 5.74) is 0.865. The van der Waals surface area contributed by atoms with Gasteiger partial charge in [0.25, 0.3) is 0 Å². The van der Waals surface area contributed by atoms with Crippen molar-refractivity contribution in [1.29, 1.82) is 0 Å². The molecule has 0 fully saturated rings. The number of hydrogen-bond donors (Lipinski definition) is 1. The first-order valence-electron chi connectivity index (χ1n) is 5.48. The Hall–Kier alpha value is -0.700. The second kappa shape index (κ2) is 6.84. The number of carbonyl (C=O) groups is 1. The highest BCUT2D eigenvalue weighted by Gasteiger charge is 2.28. The second-order valence-corrected chi connectivity index (χ2v) is 7.63. The topological polar surface area (TPSA) is 74.7 Å². The second-order valence-electron chi connectivity index (χ2n) is 4.01. The Morgan fingerprint density at radius 2 is 2.00 bits per heavy atom. The molecule has 1 aromatic rings. The Kier molecular flexibility index (Phi) is 5.93. The zero-order chi connectivity index (χ0) is 15.5. The van der Waals surface area contributed by atoms with Gasteiger partial charge in [-0.25, -0.2) is 8.42 Å². The third-order valence-corrected chi connectivity index (χ3v) is 6.10. The van der Waals surface area contributed by atoms with E-state index in [0.717, 1.165) is 9.87 Å². The molecule has 20 heavy (non-hydrogen) atoms. The van der Waals surface area contributed by atoms with Crippen molar-refractivity contribution in [2.24, 2.45) is 0 Å². The van der Waals surface area contributed by atoms with Crippen LogP contribution in [-0.4, -0.2) is 36.9 Å². The molecule has 5 nitrogen and oxygen atoms in total. The first-order valence-corrected chi connectivity index (χ1v) is 8.51. The number of aryl methyl sites for hydroxylation is 1. The molecule has 0 bridgehead atoms. The number of carboxylic acid groups (broad SMARTS) is 1. The molecule has 1 aromatic carbocycles. The minimum atomic E-state index is -3.92. The molecule has 0 unspecified atom stereocenters. The van der Waals surface area contributed by atoms with E-state index in [2.05, 4.69) is 38.4 Å². The van der Waals surface area contributed by atoms with Gasteiger partial charge in [-0.3, -0.25) is 4.79 Å². The Labute approximate surface area is 134 Å². The van der Waals surface area contributed by atoms with Crippen LogP contribution < -0.4 is 0 Å². The third kappa shape index (κ3) is 3.91. The van der Waals surface area contributed by atoms with Crippen LogP contribution in [0.1, 0.15) is 5.56 Å². The molecule has 0 amide bonds. The Bertz CT molecular complexity index is 643. The van der Waals surface area contributed by atoms with E-state index in [0.29, 0.717) is 8.95 Å². The maximum atomic E-state index is 12.5. The van der Waals surface area contributed by atoms with Crippen molar-refractivity contribution in [3.8, 4) is 0 Å². The van der Waals surface area contributed by atoms with Gasteiger partial charge in [0.2, 0.25) is 10.0 Å². The molecule has 0 aromatic heterocycles. The average molecular weight is 427 g/mol. The lowest BCUT2D eigenvalue weighted by Gasteiger charge is -2.20. The summed E-state index contributed by atoms with van der Waals surface area (Å²) in [6.45, 7) is 4.58. The summed E-state index contributed by atoms with van der Waals surface area (Å²) in [6, 6.07) is 3.11. The highest BCUT2D eigenvalue weighted by molar-refractivity contribution is 9.11. The van der Waals surface area contributed by atoms with Crippen molar-refractivity contribution in [1.82, 2.24) is 4.31 Å². The monoisotopic (exact) mass is 425 g/mol. The van der Waals surface area contributed by atoms with Crippen molar-refractivity contribution in [2.75, 3.05) is 13.1 Å². The van der Waals surface area contributed by atoms with Gasteiger partial charge in [-0.15, -0.1) is 6.58 Å². The number of carboxylic acids is 1. The van der Waals surface area contributed by atoms with Crippen molar-refractivity contribution < 1.29 is 18.3 Å². The van der Waals surface area contributed by atoms with Crippen LogP contribution in [0.15, 0.2) is 38.6 Å². The van der Waals surface area contributed by atoms with E-state index in [9.17, 15) is 13.2 Å². The molecular weight excluding hydrogens is 414 g/mol. The van der Waals surface area contributed by atoms with E-state index in [1.807, 2.05) is 6.92 Å². The first kappa shape index (κ1) is 17.4. The normalized spacial score (nSPS) is 11.6. The van der Waals surface area contributed by atoms with E-state index < -0.39 is 22.5 Å². The maximum absolute atomic E-state index is 12.5. The summed E-state index contributed by atoms with van der Waals surface area (Å²) in [5, 5.41) is 8.83. The van der Waals surface area contributed by atoms with Crippen molar-refractivity contribution >= 4 is 47.9 Å². The van der Waals surface area contributed by atoms with E-state index in [1.165, 1.54) is 12.1 Å². The van der Waals surface area contributed by atoms with Crippen LogP contribution in [0.3, 0.4) is 0 Å². The van der Waals surface area contributed by atoms with Gasteiger partial charge in [0.1, 0.15) is 6.54 Å². The molecular formula is C12H13Br2NO4S. The predicted octanol–water partition coefficient (Wildman–Crippen LogP) is 2.78. The quantitative estimate of drug-likeness (QED) is 0.709. The van der Waals surface area contributed by atoms with Gasteiger partial charge in [-0.1, -0.05) is 22.0 Å². The fourth-order valence-corrected chi connectivity index (χ4v) is 4.51. The van der Waals surface area contributed by atoms with Crippen molar-refractivity contribution in [3.63, 3.8) is 0 Å². The molecule has 8 heteroatoms. The molecule has 1 rings (SSSR count). The zero-order valence-corrected chi connectivity index (χ0v) is 14.6. The molecule has 0 aliphatic carbocycles. The number of benzene rings is 1. The number of hydrogen-bond acceptors (Lipinski definition) is 3. The van der Waals surface area contributed by atoms with E-state index >= 15 is 0 Å². The van der Waals surface area contributed by atoms with Crippen LogP contribution in [0.25, 0.3) is 0 Å². The minimum Gasteiger partial charge on any atom is -0.480 e. The molecule has 0 radical (unpaired) electrons. The number of sulfonamides is 1. The summed E-state index contributed by atoms with van der Waals surface area (Å²) in [7, 11) is -3.92. The molecule has 1 N–H and O–H groups in total. The minimum absolute atomic E-state index is 0.0121. The van der Waals surface area contributed by atoms with Gasteiger partial charge in [-0.2, -0.15) is 4.31 Å². The molecule has 0 heterocycles. The lowest BCUT2D eigenvalue weighted by atomic mass is 10.2. The fraction of sp³-hybridized carbons (Fsp3) is 0.250. The number of halogens is 2. The highest BCUT2D eigenvalue weighted by atomic mass is 79.9. The number of rotatable bonds is 6. The average Bonchev–Trinajstić information content (AvgIpc) is 2.32. The summed E-state index contributed by atoms with van der Waals surface area (Å²) in [6.07, 6.45) is 1.34. The van der Waals surface area contributed by atoms with E-state index in [4.69, 9.17) is 5.11 Å². The zero-order valence-electron chi connectivity index (χ0n) is 10.6. The number of nitrogens with zero attached hydrogens (tertiary/aromatic N) is 1. The maximum Gasteiger partial charge on any atom is 0.318 e. The number of aliphatic carboxylic acids is 1. The van der Waals surface area contributed by atoms with E-state index in [1.54, 1.807) is 6.07 Å². The Morgan fingerprint density at radius 3 is 2.50 bits per heavy atom. The molecule has 0 aliphatic heterocycles. The van der Waals surface area contributed by atoms with Crippen molar-refractivity contribution in [3.05, 3.63) is 39.3 Å². The van der Waals surface area contributed by atoms with Gasteiger partial charge in [-0.05, 0) is 40.5 Å². The summed E-state index contributed by atoms with van der Waals surface area (Å²) < 4.78 is 26.9. The van der Waals surface area contributed by atoms with Crippen molar-refractivity contribution in [2.45, 2.75) is 11.8 Å². The Balaban J connectivity index is 3.36. The summed E-state index contributed by atoms with van der Waals surface area (Å²) in [5.74, 6) is -1.22. The van der Waals surface area contributed by atoms with Crippen LogP contribution in [-0.2, 0) is 14.8 Å². The van der Waals surface area contributed by atoms with E-state index in [-0.39, 0.29) is 11.4 Å². The smallest absolute Gasteiger partial charge is 0.318 e. The van der Waals surface area contributed by atoms with Gasteiger partial charge >= 0.3 is 5.97 Å². The van der Waals surface area contributed by atoms with Crippen LogP contribution in [0, 0.1) is 6.92 Å². The van der Waals surface area contributed by atoms with Gasteiger partial charge in [0.05, 0.1) is 4.90 Å². The predicted molar refractivity (Wildman–Crippen MR) is 83.2 cm³/mol. The third-order valence-electron chi connectivity index (χ3n) is 2.48. The highest BCUT2D eigenvalue weighted by Crippen LogP contribution is 2.30. The molecule has 0 aliphatic rings. The SMILES string of the molecule is C=CCN(CC(=O)O)S(=O)(=O)c1cc(Br)c(C)cc1Br. The lowest BCUT2D eigenvalue weighted by Crippen LogP contribution is -2.36. The summed E-state index contributed by atoms with van der Waals surface area (Å²) in [4.78, 5) is 10.8. The first-order chi connectivity index (χ1) is 9.20. The fourth-order valence-electron chi connectivity index (χ4n) is 1.51. The summed E-state index contributed by atoms with van der Waals surface area (Å²) >= 11 is 6.47. The van der Waals surface area contributed by atoms with Gasteiger partial charge in [0, 0.05) is 15.5 Å². The van der Waals surface area contributed by atoms with Gasteiger partial charge < -0.3 is 5.11 Å². The standard InChI is InChI=1S/C12H13Br2NO4S/c1-3-4-15(7-12(16)17)20(18,19)11-6-9(13)8(2)5-10(11)14/h3,5-6H,1,4,7H2,2H3,(H,16,17). The molecule has 0 saturated carbocycles. The van der Waals surface area contributed by atoms with Gasteiger partial charge in [0.15, 0.2) is 0 Å². The molecule has 110 valence electrons. The van der Waals surface area contributed by atoms with Crippen LogP contribution in [0.5, 0.6) is 0 Å². The van der Waals surface area contributed by atoms with Crippen LogP contribution in [0.4, 0.5) is 0 Å². The molecule has 0 spiro atoms. The van der Waals surface area contributed by atoms with Crippen LogP contribution in [0.2, 0.25) is 0 Å². The lowest BCUT2D eigenvalue weighted by molar-refractivity contribution is -0.137. The largest absolute Gasteiger partial charge is 0.480 e. The molecule has 0 saturated heterocycles. The Morgan fingerprint density at radius 1 is 1.40 bits per heavy atom. The van der Waals surface area contributed by atoms with Crippen LogP contribution >= 0.6 is 31.9 Å².